The second-order valence-electron chi connectivity index (χ2n) is 4.82. The van der Waals surface area contributed by atoms with Gasteiger partial charge in [0.15, 0.2) is 0 Å². The molecule has 0 amide bonds. The second-order valence-corrected chi connectivity index (χ2v) is 4.82. The molecule has 0 bridgehead atoms. The molecule has 1 unspecified atom stereocenters. The lowest BCUT2D eigenvalue weighted by molar-refractivity contribution is 0.387. The van der Waals surface area contributed by atoms with Gasteiger partial charge < -0.3 is 14.8 Å². The predicted molar refractivity (Wildman–Crippen MR) is 84.0 cm³/mol. The monoisotopic (exact) mass is 286 g/mol. The first-order valence-electron chi connectivity index (χ1n) is 7.08. The molecule has 1 aromatic carbocycles. The van der Waals surface area contributed by atoms with Crippen molar-refractivity contribution in [2.24, 2.45) is 0 Å². The minimum atomic E-state index is 0.0459. The van der Waals surface area contributed by atoms with Crippen molar-refractivity contribution in [1.82, 2.24) is 10.3 Å². The van der Waals surface area contributed by atoms with Crippen LogP contribution in [-0.4, -0.2) is 25.7 Å². The number of nitrogens with one attached hydrogen (secondary N) is 1. The smallest absolute Gasteiger partial charge is 0.218 e. The van der Waals surface area contributed by atoms with Gasteiger partial charge in [-0.05, 0) is 42.8 Å². The number of benzene rings is 1. The lowest BCUT2D eigenvalue weighted by atomic mass is 9.95. The van der Waals surface area contributed by atoms with E-state index in [1.807, 2.05) is 24.3 Å². The fraction of sp³-hybridized carbons (Fsp3) is 0.353. The topological polar surface area (TPSA) is 43.4 Å². The first-order valence-corrected chi connectivity index (χ1v) is 7.08. The summed E-state index contributed by atoms with van der Waals surface area (Å²) in [6, 6.07) is 10.1. The maximum absolute atomic E-state index is 5.40. The summed E-state index contributed by atoms with van der Waals surface area (Å²) in [4.78, 5) is 4.30. The number of ether oxygens (including phenoxy) is 2. The zero-order valence-corrected chi connectivity index (χ0v) is 13.0. The molecule has 4 heteroatoms. The Labute approximate surface area is 126 Å². The van der Waals surface area contributed by atoms with Crippen molar-refractivity contribution in [2.75, 3.05) is 20.8 Å². The van der Waals surface area contributed by atoms with E-state index in [4.69, 9.17) is 9.47 Å². The Balaban J connectivity index is 2.48. The molecule has 4 nitrogen and oxygen atoms in total. The highest BCUT2D eigenvalue weighted by atomic mass is 16.5. The highest BCUT2D eigenvalue weighted by molar-refractivity contribution is 5.43. The van der Waals surface area contributed by atoms with Crippen LogP contribution >= 0.6 is 0 Å². The Kier molecular flexibility index (Phi) is 5.17. The van der Waals surface area contributed by atoms with Gasteiger partial charge in [-0.2, -0.15) is 0 Å². The van der Waals surface area contributed by atoms with E-state index in [1.165, 1.54) is 11.1 Å². The third kappa shape index (κ3) is 3.34. The molecule has 1 N–H and O–H groups in total. The molecule has 0 aliphatic rings. The summed E-state index contributed by atoms with van der Waals surface area (Å²) in [5.41, 5.74) is 3.41. The van der Waals surface area contributed by atoms with E-state index >= 15 is 0 Å². The first-order chi connectivity index (χ1) is 10.2. The summed E-state index contributed by atoms with van der Waals surface area (Å²) in [6.45, 7) is 5.04. The number of hydrogen-bond acceptors (Lipinski definition) is 4. The van der Waals surface area contributed by atoms with Crippen LogP contribution in [0.1, 0.15) is 29.7 Å². The van der Waals surface area contributed by atoms with Crippen LogP contribution in [0.2, 0.25) is 0 Å². The Morgan fingerprint density at radius 2 is 1.95 bits per heavy atom. The lowest BCUT2D eigenvalue weighted by Gasteiger charge is -2.22. The first kappa shape index (κ1) is 15.3. The van der Waals surface area contributed by atoms with E-state index in [1.54, 1.807) is 20.4 Å². The van der Waals surface area contributed by atoms with Crippen LogP contribution in [0, 0.1) is 6.92 Å². The van der Waals surface area contributed by atoms with Gasteiger partial charge in [-0.3, -0.25) is 0 Å². The number of aromatic nitrogens is 1. The fourth-order valence-corrected chi connectivity index (χ4v) is 2.48. The standard InChI is InChI=1S/C17H22N2O2/c1-5-18-16(15-7-6-10-19-17(15)21-4)14-9-8-13(20-3)11-12(14)2/h6-11,16,18H,5H2,1-4H3. The number of pyridine rings is 1. The van der Waals surface area contributed by atoms with Crippen LogP contribution < -0.4 is 14.8 Å². The van der Waals surface area contributed by atoms with E-state index in [-0.39, 0.29) is 6.04 Å². The molecule has 2 rings (SSSR count). The van der Waals surface area contributed by atoms with Gasteiger partial charge in [-0.25, -0.2) is 4.98 Å². The highest BCUT2D eigenvalue weighted by Gasteiger charge is 2.19. The van der Waals surface area contributed by atoms with Crippen molar-refractivity contribution in [1.29, 1.82) is 0 Å². The molecule has 0 aliphatic carbocycles. The van der Waals surface area contributed by atoms with Crippen LogP contribution in [-0.2, 0) is 0 Å². The summed E-state index contributed by atoms with van der Waals surface area (Å²) in [5, 5.41) is 3.51. The number of methoxy groups -OCH3 is 2. The van der Waals surface area contributed by atoms with Crippen LogP contribution in [0.15, 0.2) is 36.5 Å². The highest BCUT2D eigenvalue weighted by Crippen LogP contribution is 2.31. The van der Waals surface area contributed by atoms with Gasteiger partial charge in [-0.15, -0.1) is 0 Å². The number of hydrogen-bond donors (Lipinski definition) is 1. The molecule has 1 heterocycles. The van der Waals surface area contributed by atoms with E-state index in [9.17, 15) is 0 Å². The summed E-state index contributed by atoms with van der Waals surface area (Å²) in [6.07, 6.45) is 1.74. The maximum atomic E-state index is 5.40. The normalized spacial score (nSPS) is 12.0. The molecule has 1 atom stereocenters. The molecule has 112 valence electrons. The third-order valence-corrected chi connectivity index (χ3v) is 3.50. The van der Waals surface area contributed by atoms with Gasteiger partial charge >= 0.3 is 0 Å². The Morgan fingerprint density at radius 1 is 1.14 bits per heavy atom. The molecule has 0 radical (unpaired) electrons. The molecule has 0 saturated carbocycles. The van der Waals surface area contributed by atoms with Crippen LogP contribution in [0.25, 0.3) is 0 Å². The van der Waals surface area contributed by atoms with Gasteiger partial charge in [0.1, 0.15) is 5.75 Å². The van der Waals surface area contributed by atoms with Crippen LogP contribution in [0.4, 0.5) is 0 Å². The minimum absolute atomic E-state index is 0.0459. The molecule has 0 spiro atoms. The van der Waals surface area contributed by atoms with E-state index < -0.39 is 0 Å². The third-order valence-electron chi connectivity index (χ3n) is 3.50. The Hall–Kier alpha value is -2.07. The van der Waals surface area contributed by atoms with Crippen molar-refractivity contribution in [2.45, 2.75) is 19.9 Å². The fourth-order valence-electron chi connectivity index (χ4n) is 2.48. The molecule has 0 aliphatic heterocycles. The molecule has 0 saturated heterocycles. The molecule has 21 heavy (non-hydrogen) atoms. The average molecular weight is 286 g/mol. The average Bonchev–Trinajstić information content (AvgIpc) is 2.53. The Bertz CT molecular complexity index is 599. The molecule has 0 fully saturated rings. The van der Waals surface area contributed by atoms with Crippen molar-refractivity contribution in [3.8, 4) is 11.6 Å². The van der Waals surface area contributed by atoms with E-state index in [0.717, 1.165) is 17.9 Å². The summed E-state index contributed by atoms with van der Waals surface area (Å²) >= 11 is 0. The van der Waals surface area contributed by atoms with E-state index in [0.29, 0.717) is 5.88 Å². The summed E-state index contributed by atoms with van der Waals surface area (Å²) in [7, 11) is 3.33. The quantitative estimate of drug-likeness (QED) is 0.886. The summed E-state index contributed by atoms with van der Waals surface area (Å²) < 4.78 is 10.7. The van der Waals surface area contributed by atoms with Crippen molar-refractivity contribution < 1.29 is 9.47 Å². The van der Waals surface area contributed by atoms with Crippen LogP contribution in [0.3, 0.4) is 0 Å². The number of nitrogens with zero attached hydrogens (tertiary/aromatic N) is 1. The Morgan fingerprint density at radius 3 is 2.57 bits per heavy atom. The number of rotatable bonds is 6. The van der Waals surface area contributed by atoms with Crippen molar-refractivity contribution in [3.05, 3.63) is 53.2 Å². The molecule has 2 aromatic rings. The lowest BCUT2D eigenvalue weighted by Crippen LogP contribution is -2.23. The van der Waals surface area contributed by atoms with E-state index in [2.05, 4.69) is 30.2 Å². The zero-order chi connectivity index (χ0) is 15.2. The SMILES string of the molecule is CCNC(c1ccc(OC)cc1C)c1cccnc1OC. The van der Waals surface area contributed by atoms with Crippen molar-refractivity contribution >= 4 is 0 Å². The van der Waals surface area contributed by atoms with Crippen molar-refractivity contribution in [3.63, 3.8) is 0 Å². The molecular weight excluding hydrogens is 264 g/mol. The largest absolute Gasteiger partial charge is 0.497 e. The van der Waals surface area contributed by atoms with Gasteiger partial charge in [0.2, 0.25) is 5.88 Å². The predicted octanol–water partition coefficient (Wildman–Crippen LogP) is 3.11. The molecule has 1 aromatic heterocycles. The van der Waals surface area contributed by atoms with Gasteiger partial charge in [0.05, 0.1) is 20.3 Å². The maximum Gasteiger partial charge on any atom is 0.218 e. The van der Waals surface area contributed by atoms with Gasteiger partial charge in [0, 0.05) is 11.8 Å². The van der Waals surface area contributed by atoms with Gasteiger partial charge in [-0.1, -0.05) is 19.1 Å². The number of aryl methyl sites for hydroxylation is 1. The van der Waals surface area contributed by atoms with Crippen LogP contribution in [0.5, 0.6) is 11.6 Å². The zero-order valence-electron chi connectivity index (χ0n) is 13.0. The second kappa shape index (κ2) is 7.09. The molecular formula is C17H22N2O2. The van der Waals surface area contributed by atoms with Gasteiger partial charge in [0.25, 0.3) is 0 Å². The minimum Gasteiger partial charge on any atom is -0.497 e. The summed E-state index contributed by atoms with van der Waals surface area (Å²) in [5.74, 6) is 1.52.